The maximum atomic E-state index is 5.74. The number of fused-ring (bicyclic) bond motifs is 1. The van der Waals surface area contributed by atoms with Gasteiger partial charge in [0, 0.05) is 29.4 Å². The van der Waals surface area contributed by atoms with Gasteiger partial charge in [0.25, 0.3) is 0 Å². The highest BCUT2D eigenvalue weighted by atomic mass is 16.5. The summed E-state index contributed by atoms with van der Waals surface area (Å²) >= 11 is 0. The predicted octanol–water partition coefficient (Wildman–Crippen LogP) is 3.26. The Morgan fingerprint density at radius 3 is 2.53 bits per heavy atom. The van der Waals surface area contributed by atoms with E-state index in [1.54, 1.807) is 0 Å². The Hall–Kier alpha value is -1.05. The first kappa shape index (κ1) is 10.5. The molecule has 0 bridgehead atoms. The van der Waals surface area contributed by atoms with Gasteiger partial charge in [-0.3, -0.25) is 4.98 Å². The molecule has 0 amide bonds. The third-order valence-electron chi connectivity index (χ3n) is 2.96. The summed E-state index contributed by atoms with van der Waals surface area (Å²) in [6, 6.07) is 0. The van der Waals surface area contributed by atoms with Crippen LogP contribution in [0.4, 0.5) is 0 Å². The molecule has 0 unspecified atom stereocenters. The number of hydrogen-bond acceptors (Lipinski definition) is 2. The van der Waals surface area contributed by atoms with Gasteiger partial charge in [0.05, 0.1) is 6.61 Å². The summed E-state index contributed by atoms with van der Waals surface area (Å²) in [5.41, 5.74) is 3.81. The second-order valence-electron chi connectivity index (χ2n) is 4.81. The van der Waals surface area contributed by atoms with Gasteiger partial charge in [-0.15, -0.1) is 0 Å². The molecule has 82 valence electrons. The maximum Gasteiger partial charge on any atom is 0.129 e. The Balaban J connectivity index is 2.54. The molecule has 2 heteroatoms. The first-order valence-electron chi connectivity index (χ1n) is 5.75. The quantitative estimate of drug-likeness (QED) is 0.739. The molecule has 1 aliphatic rings. The Morgan fingerprint density at radius 2 is 1.93 bits per heavy atom. The molecule has 0 aromatic carbocycles. The van der Waals surface area contributed by atoms with Gasteiger partial charge in [-0.1, -0.05) is 27.7 Å². The lowest BCUT2D eigenvalue weighted by molar-refractivity contribution is 0.352. The summed E-state index contributed by atoms with van der Waals surface area (Å²) in [5.74, 6) is 2.09. The van der Waals surface area contributed by atoms with Crippen molar-refractivity contribution in [1.29, 1.82) is 0 Å². The van der Waals surface area contributed by atoms with Crippen molar-refractivity contribution in [3.05, 3.63) is 23.0 Å². The molecule has 1 aromatic rings. The van der Waals surface area contributed by atoms with Crippen molar-refractivity contribution in [2.24, 2.45) is 0 Å². The van der Waals surface area contributed by atoms with Crippen molar-refractivity contribution in [2.75, 3.05) is 6.61 Å². The van der Waals surface area contributed by atoms with E-state index in [9.17, 15) is 0 Å². The first-order valence-corrected chi connectivity index (χ1v) is 5.75. The third kappa shape index (κ3) is 1.73. The zero-order chi connectivity index (χ0) is 11.0. The van der Waals surface area contributed by atoms with E-state index in [1.807, 2.05) is 6.20 Å². The van der Waals surface area contributed by atoms with E-state index >= 15 is 0 Å². The molecule has 0 spiro atoms. The molecule has 2 heterocycles. The number of hydrogen-bond donors (Lipinski definition) is 0. The van der Waals surface area contributed by atoms with Gasteiger partial charge < -0.3 is 4.74 Å². The smallest absolute Gasteiger partial charge is 0.129 e. The van der Waals surface area contributed by atoms with Crippen molar-refractivity contribution in [2.45, 2.75) is 46.0 Å². The third-order valence-corrected chi connectivity index (χ3v) is 2.96. The summed E-state index contributed by atoms with van der Waals surface area (Å²) in [5, 5.41) is 0. The van der Waals surface area contributed by atoms with Crippen LogP contribution in [0, 0.1) is 0 Å². The Bertz CT molecular complexity index is 334. The van der Waals surface area contributed by atoms with Crippen LogP contribution in [0.5, 0.6) is 5.75 Å². The summed E-state index contributed by atoms with van der Waals surface area (Å²) in [7, 11) is 0. The molecule has 0 saturated heterocycles. The number of rotatable bonds is 2. The summed E-state index contributed by atoms with van der Waals surface area (Å²) in [4.78, 5) is 4.59. The zero-order valence-electron chi connectivity index (χ0n) is 10.0. The average molecular weight is 205 g/mol. The predicted molar refractivity (Wildman–Crippen MR) is 61.6 cm³/mol. The van der Waals surface area contributed by atoms with Gasteiger partial charge in [0.15, 0.2) is 0 Å². The monoisotopic (exact) mass is 205 g/mol. The molecular weight excluding hydrogens is 186 g/mol. The molecule has 0 saturated carbocycles. The van der Waals surface area contributed by atoms with Crippen molar-refractivity contribution >= 4 is 0 Å². The fraction of sp³-hybridized carbons (Fsp3) is 0.615. The van der Waals surface area contributed by atoms with Crippen molar-refractivity contribution in [3.8, 4) is 5.75 Å². The number of nitrogens with zero attached hydrogens (tertiary/aromatic N) is 1. The van der Waals surface area contributed by atoms with Crippen LogP contribution in [-0.4, -0.2) is 11.6 Å². The number of aromatic nitrogens is 1. The van der Waals surface area contributed by atoms with E-state index in [0.29, 0.717) is 11.8 Å². The van der Waals surface area contributed by atoms with E-state index in [0.717, 1.165) is 18.8 Å². The Kier molecular flexibility index (Phi) is 2.68. The number of ether oxygens (including phenoxy) is 1. The van der Waals surface area contributed by atoms with Crippen molar-refractivity contribution < 1.29 is 4.74 Å². The van der Waals surface area contributed by atoms with Crippen LogP contribution in [-0.2, 0) is 6.42 Å². The lowest BCUT2D eigenvalue weighted by atomic mass is 9.96. The largest absolute Gasteiger partial charge is 0.493 e. The lowest BCUT2D eigenvalue weighted by Crippen LogP contribution is -2.01. The lowest BCUT2D eigenvalue weighted by Gasteiger charge is -2.14. The summed E-state index contributed by atoms with van der Waals surface area (Å²) in [6.07, 6.45) is 3.01. The highest BCUT2D eigenvalue weighted by Gasteiger charge is 2.23. The summed E-state index contributed by atoms with van der Waals surface area (Å²) in [6.45, 7) is 9.58. The Labute approximate surface area is 91.7 Å². The zero-order valence-corrected chi connectivity index (χ0v) is 10.0. The molecule has 1 aliphatic heterocycles. The minimum atomic E-state index is 0.488. The molecule has 0 aliphatic carbocycles. The standard InChI is InChI=1S/C13H19NO/c1-8(2)11-7-14-12(9(3)4)10-5-6-15-13(10)11/h7-9H,5-6H2,1-4H3. The van der Waals surface area contributed by atoms with Crippen LogP contribution < -0.4 is 4.74 Å². The molecule has 2 nitrogen and oxygen atoms in total. The minimum Gasteiger partial charge on any atom is -0.493 e. The van der Waals surface area contributed by atoms with Gasteiger partial charge in [-0.2, -0.15) is 0 Å². The molecule has 2 rings (SSSR count). The minimum absolute atomic E-state index is 0.488. The van der Waals surface area contributed by atoms with Crippen LogP contribution in [0.15, 0.2) is 6.20 Å². The topological polar surface area (TPSA) is 22.1 Å². The molecule has 1 aromatic heterocycles. The van der Waals surface area contributed by atoms with E-state index in [-0.39, 0.29) is 0 Å². The first-order chi connectivity index (χ1) is 7.11. The van der Waals surface area contributed by atoms with E-state index in [2.05, 4.69) is 32.7 Å². The van der Waals surface area contributed by atoms with Gasteiger partial charge >= 0.3 is 0 Å². The number of pyridine rings is 1. The highest BCUT2D eigenvalue weighted by molar-refractivity contribution is 5.47. The van der Waals surface area contributed by atoms with Gasteiger partial charge in [0.2, 0.25) is 0 Å². The van der Waals surface area contributed by atoms with Gasteiger partial charge in [-0.05, 0) is 11.8 Å². The molecule has 15 heavy (non-hydrogen) atoms. The van der Waals surface area contributed by atoms with E-state index in [1.165, 1.54) is 16.8 Å². The molecule has 0 N–H and O–H groups in total. The van der Waals surface area contributed by atoms with Crippen LogP contribution in [0.25, 0.3) is 0 Å². The van der Waals surface area contributed by atoms with Crippen molar-refractivity contribution in [3.63, 3.8) is 0 Å². The van der Waals surface area contributed by atoms with Gasteiger partial charge in [-0.25, -0.2) is 0 Å². The highest BCUT2D eigenvalue weighted by Crippen LogP contribution is 2.37. The average Bonchev–Trinajstić information content (AvgIpc) is 2.63. The second kappa shape index (κ2) is 3.84. The van der Waals surface area contributed by atoms with Crippen LogP contribution in [0.2, 0.25) is 0 Å². The van der Waals surface area contributed by atoms with E-state index in [4.69, 9.17) is 4.74 Å². The molecule has 0 atom stereocenters. The fourth-order valence-corrected chi connectivity index (χ4v) is 2.14. The van der Waals surface area contributed by atoms with Gasteiger partial charge in [0.1, 0.15) is 5.75 Å². The summed E-state index contributed by atoms with van der Waals surface area (Å²) < 4.78 is 5.74. The normalized spacial score (nSPS) is 14.5. The maximum absolute atomic E-state index is 5.74. The SMILES string of the molecule is CC(C)c1cnc(C(C)C)c2c1OCC2. The molecule has 0 radical (unpaired) electrons. The van der Waals surface area contributed by atoms with Crippen LogP contribution in [0.3, 0.4) is 0 Å². The molecular formula is C13H19NO. The van der Waals surface area contributed by atoms with Crippen molar-refractivity contribution in [1.82, 2.24) is 4.98 Å². The molecule has 0 fully saturated rings. The Morgan fingerprint density at radius 1 is 1.20 bits per heavy atom. The van der Waals surface area contributed by atoms with E-state index < -0.39 is 0 Å². The van der Waals surface area contributed by atoms with Crippen LogP contribution >= 0.6 is 0 Å². The fourth-order valence-electron chi connectivity index (χ4n) is 2.14. The second-order valence-corrected chi connectivity index (χ2v) is 4.81. The van der Waals surface area contributed by atoms with Crippen LogP contribution in [0.1, 0.15) is 56.4 Å².